The first-order valence-electron chi connectivity index (χ1n) is 29.1. The summed E-state index contributed by atoms with van der Waals surface area (Å²) < 4.78 is 47.0. The molecule has 2 fully saturated rings. The molecule has 4 rings (SSSR count). The highest BCUT2D eigenvalue weighted by molar-refractivity contribution is 6.67. The molecule has 0 aromatic heterocycles. The quantitative estimate of drug-likeness (QED) is 0.0241. The van der Waals surface area contributed by atoms with Crippen LogP contribution in [0.1, 0.15) is 131 Å². The highest BCUT2D eigenvalue weighted by atomic mass is 35.6. The van der Waals surface area contributed by atoms with E-state index in [1.807, 2.05) is 0 Å². The summed E-state index contributed by atoms with van der Waals surface area (Å²) in [6.45, 7) is 32.0. The Morgan fingerprint density at radius 1 is 0.614 bits per heavy atom. The van der Waals surface area contributed by atoms with Crippen LogP contribution in [0.25, 0.3) is 0 Å². The molecule has 10 atom stereocenters. The maximum absolute atomic E-state index is 14.4. The molecule has 21 nitrogen and oxygen atoms in total. The molecule has 6 amide bonds. The van der Waals surface area contributed by atoms with Gasteiger partial charge in [0.2, 0.25) is 27.4 Å². The zero-order chi connectivity index (χ0) is 66.6. The molecule has 0 saturated carbocycles. The summed E-state index contributed by atoms with van der Waals surface area (Å²) in [6, 6.07) is 3.39. The van der Waals surface area contributed by atoms with Gasteiger partial charge in [-0.05, 0) is 114 Å². The Bertz CT molecular complexity index is 2700. The van der Waals surface area contributed by atoms with E-state index in [9.17, 15) is 52.2 Å². The molecule has 7 N–H and O–H groups in total. The smallest absolute Gasteiger partial charge is 0.325 e. The van der Waals surface area contributed by atoms with Gasteiger partial charge in [0.1, 0.15) is 85.3 Å². The van der Waals surface area contributed by atoms with Gasteiger partial charge in [0, 0.05) is 36.1 Å². The molecule has 0 spiro atoms. The Morgan fingerprint density at radius 3 is 1.39 bits per heavy atom. The summed E-state index contributed by atoms with van der Waals surface area (Å²) in [5.41, 5.74) is 6.09. The van der Waals surface area contributed by atoms with Crippen LogP contribution in [0.2, 0.25) is 0 Å². The second-order valence-corrected chi connectivity index (χ2v) is 24.5. The molecule has 88 heavy (non-hydrogen) atoms. The Kier molecular flexibility index (Phi) is 34.1. The molecule has 2 aliphatic rings. The second-order valence-electron chi connectivity index (χ2n) is 21.9. The first kappa shape index (κ1) is 77.5. The van der Waals surface area contributed by atoms with Gasteiger partial charge in [-0.1, -0.05) is 114 Å². The molecule has 2 heterocycles. The number of carbonyl (C=O) groups excluding carboxylic acids is 8. The van der Waals surface area contributed by atoms with Crippen molar-refractivity contribution in [3.8, 4) is 11.5 Å². The van der Waals surface area contributed by atoms with Crippen molar-refractivity contribution < 1.29 is 71.2 Å². The van der Waals surface area contributed by atoms with Crippen LogP contribution in [-0.2, 0) is 47.8 Å². The van der Waals surface area contributed by atoms with E-state index in [4.69, 9.17) is 53.8 Å². The van der Waals surface area contributed by atoms with Crippen LogP contribution in [0.4, 0.5) is 8.78 Å². The van der Waals surface area contributed by atoms with Crippen molar-refractivity contribution in [1.82, 2.24) is 42.1 Å². The standard InChI is InChI=1S/C30H43FN4O6.C21H33Cl3N4O5.C11H13FO2/c1-8-11-19(5)27(36)33-26(18(3)4)28(37)32-20(6)29(38)35-15-10-12-25(34-35)30(39)41-21(7)23-17-22(40-16-9-2)13-14-24(23)31;1-6-8-13(4)17(29)26-16(12(2)3)18(30)25-14(5)19(31)28-10-7-9-15(27-28)20(32)33-11-21(22,23)24;1-3-6-14-9-4-5-11(12)10(7-9)8(2)13/h8-9,13-14,17-21,25-26,34H,1-2,10-12,15-16H2,3-7H3,(H,32,37)(H,33,36);6,12-16,27H,1,7-11H2,2-5H3,(H,25,30)(H,26,29);3-5,7-8,13H,1,6H2,2H3/t19-,20+,21-,25+,26+;13-,14+,15+,16+;8-/m111/s1. The molecule has 0 bridgehead atoms. The van der Waals surface area contributed by atoms with E-state index >= 15 is 0 Å². The molecule has 2 aromatic carbocycles. The molecule has 0 radical (unpaired) electrons. The normalized spacial score (nSPS) is 17.5. The third-order valence-electron chi connectivity index (χ3n) is 13.6. The van der Waals surface area contributed by atoms with Crippen LogP contribution in [0.3, 0.4) is 0 Å². The lowest BCUT2D eigenvalue weighted by Crippen LogP contribution is -2.61. The number of halogens is 5. The van der Waals surface area contributed by atoms with Gasteiger partial charge in [-0.3, -0.25) is 48.4 Å². The Labute approximate surface area is 531 Å². The van der Waals surface area contributed by atoms with Gasteiger partial charge >= 0.3 is 11.9 Å². The summed E-state index contributed by atoms with van der Waals surface area (Å²) in [6.07, 6.45) is 7.57. The molecule has 0 unspecified atom stereocenters. The minimum atomic E-state index is -1.73. The molecular weight excluding hydrogens is 1210 g/mol. The minimum absolute atomic E-state index is 0.158. The number of hydrazine groups is 2. The molecule has 2 aromatic rings. The Balaban J connectivity index is 0.000000499. The van der Waals surface area contributed by atoms with Crippen molar-refractivity contribution in [2.75, 3.05) is 32.9 Å². The maximum atomic E-state index is 14.4. The molecule has 2 saturated heterocycles. The van der Waals surface area contributed by atoms with Crippen LogP contribution < -0.4 is 41.6 Å². The van der Waals surface area contributed by atoms with Crippen molar-refractivity contribution in [2.24, 2.45) is 23.7 Å². The van der Waals surface area contributed by atoms with Crippen molar-refractivity contribution in [1.29, 1.82) is 0 Å². The van der Waals surface area contributed by atoms with E-state index in [0.717, 1.165) is 0 Å². The number of hydrogen-bond acceptors (Lipinski definition) is 15. The van der Waals surface area contributed by atoms with Crippen LogP contribution >= 0.6 is 34.8 Å². The van der Waals surface area contributed by atoms with E-state index in [2.05, 4.69) is 58.4 Å². The van der Waals surface area contributed by atoms with Gasteiger partial charge in [0.25, 0.3) is 11.8 Å². The SMILES string of the molecule is C=CCOc1ccc(F)c([C@@H](C)O)c1.C=CCOc1ccc(F)c([C@@H](C)OC(=O)[C@@H]2CCCN(C(=O)[C@H](C)NC(=O)[C@@H](NC(=O)[C@H](C)CC=C)C(C)C)N2)c1.C=CC[C@@H](C)C(=O)N[C@H](C(=O)N[C@@H](C)C(=O)N1CCC[C@@H](C(=O)OCC(Cl)(Cl)Cl)N1)C(C)C. The molecule has 0 aliphatic carbocycles. The van der Waals surface area contributed by atoms with E-state index in [0.29, 0.717) is 69.7 Å². The number of esters is 2. The number of alkyl halides is 3. The number of nitrogens with zero attached hydrogens (tertiary/aromatic N) is 2. The fraction of sp³-hybridized carbons (Fsp3) is 0.548. The van der Waals surface area contributed by atoms with Crippen LogP contribution in [0.5, 0.6) is 11.5 Å². The van der Waals surface area contributed by atoms with E-state index in [-0.39, 0.29) is 53.2 Å². The number of allylic oxidation sites excluding steroid dienone is 2. The lowest BCUT2D eigenvalue weighted by Gasteiger charge is -2.35. The van der Waals surface area contributed by atoms with Crippen molar-refractivity contribution >= 4 is 82.2 Å². The number of aliphatic hydroxyl groups excluding tert-OH is 1. The van der Waals surface area contributed by atoms with Gasteiger partial charge in [-0.15, -0.1) is 13.2 Å². The molecule has 490 valence electrons. The van der Waals surface area contributed by atoms with E-state index < -0.39 is 106 Å². The number of nitrogens with one attached hydrogen (secondary N) is 6. The number of amides is 6. The van der Waals surface area contributed by atoms with Crippen LogP contribution in [0.15, 0.2) is 87.0 Å². The average Bonchev–Trinajstić information content (AvgIpc) is 3.41. The number of benzene rings is 2. The van der Waals surface area contributed by atoms with Gasteiger partial charge in [0.15, 0.2) is 0 Å². The number of ether oxygens (including phenoxy) is 4. The largest absolute Gasteiger partial charge is 0.490 e. The highest BCUT2D eigenvalue weighted by Gasteiger charge is 2.37. The predicted octanol–water partition coefficient (Wildman–Crippen LogP) is 8.04. The zero-order valence-electron chi connectivity index (χ0n) is 51.9. The lowest BCUT2D eigenvalue weighted by molar-refractivity contribution is -0.157. The predicted molar refractivity (Wildman–Crippen MR) is 333 cm³/mol. The number of aliphatic hydroxyl groups is 1. The number of hydrogen-bond donors (Lipinski definition) is 7. The summed E-state index contributed by atoms with van der Waals surface area (Å²) in [5.74, 6) is -4.77. The first-order valence-corrected chi connectivity index (χ1v) is 30.2. The Hall–Kier alpha value is -6.63. The summed E-state index contributed by atoms with van der Waals surface area (Å²) in [7, 11) is 0. The van der Waals surface area contributed by atoms with E-state index in [1.165, 1.54) is 67.2 Å². The third kappa shape index (κ3) is 26.6. The Morgan fingerprint density at radius 2 is 1.01 bits per heavy atom. The zero-order valence-corrected chi connectivity index (χ0v) is 54.2. The van der Waals surface area contributed by atoms with Gasteiger partial charge in [-0.25, -0.2) is 19.6 Å². The summed E-state index contributed by atoms with van der Waals surface area (Å²) in [4.78, 5) is 102. The second kappa shape index (κ2) is 38.7. The lowest BCUT2D eigenvalue weighted by atomic mass is 10.0. The van der Waals surface area contributed by atoms with Crippen LogP contribution in [-0.4, -0.2) is 135 Å². The van der Waals surface area contributed by atoms with Gasteiger partial charge in [-0.2, -0.15) is 0 Å². The fourth-order valence-electron chi connectivity index (χ4n) is 8.54. The average molecular weight is 1300 g/mol. The van der Waals surface area contributed by atoms with Crippen molar-refractivity contribution in [3.63, 3.8) is 0 Å². The molecular formula is C62H89Cl3F2N8O13. The number of carbonyl (C=O) groups is 8. The first-order chi connectivity index (χ1) is 41.3. The monoisotopic (exact) mass is 1300 g/mol. The fourth-order valence-corrected chi connectivity index (χ4v) is 8.70. The third-order valence-corrected chi connectivity index (χ3v) is 13.9. The summed E-state index contributed by atoms with van der Waals surface area (Å²) >= 11 is 16.8. The number of rotatable bonds is 28. The topological polar surface area (TPSA) is 272 Å². The van der Waals surface area contributed by atoms with Crippen LogP contribution in [0, 0.1) is 35.3 Å². The van der Waals surface area contributed by atoms with Crippen molar-refractivity contribution in [2.45, 2.75) is 160 Å². The highest BCUT2D eigenvalue weighted by Crippen LogP contribution is 2.28. The molecule has 2 aliphatic heterocycles. The van der Waals surface area contributed by atoms with Gasteiger partial charge in [0.05, 0.1) is 6.10 Å². The minimum Gasteiger partial charge on any atom is -0.490 e. The van der Waals surface area contributed by atoms with Gasteiger partial charge < -0.3 is 45.3 Å². The van der Waals surface area contributed by atoms with E-state index in [1.54, 1.807) is 72.8 Å². The van der Waals surface area contributed by atoms with Crippen molar-refractivity contribution in [3.05, 3.63) is 110 Å². The maximum Gasteiger partial charge on any atom is 0.325 e. The summed E-state index contributed by atoms with van der Waals surface area (Å²) in [5, 5.41) is 22.6. The molecule has 26 heteroatoms.